The SMILES string of the molecule is CC[C@H](C)[C@H](NC(=O)c1ccc(Cn2nc(C)cc2C)cc1)C(=O)O. The minimum absolute atomic E-state index is 0.133. The Morgan fingerprint density at radius 3 is 2.36 bits per heavy atom. The van der Waals surface area contributed by atoms with Crippen LogP contribution < -0.4 is 5.32 Å². The van der Waals surface area contributed by atoms with Crippen molar-refractivity contribution in [3.05, 3.63) is 52.8 Å². The topological polar surface area (TPSA) is 84.2 Å². The van der Waals surface area contributed by atoms with Gasteiger partial charge in [-0.15, -0.1) is 0 Å². The van der Waals surface area contributed by atoms with Crippen LogP contribution in [-0.2, 0) is 11.3 Å². The van der Waals surface area contributed by atoms with E-state index in [9.17, 15) is 14.7 Å². The fraction of sp³-hybridized carbons (Fsp3) is 0.421. The van der Waals surface area contributed by atoms with Gasteiger partial charge in [0, 0.05) is 11.3 Å². The van der Waals surface area contributed by atoms with Gasteiger partial charge in [-0.05, 0) is 43.5 Å². The Kier molecular flexibility index (Phi) is 5.96. The van der Waals surface area contributed by atoms with Gasteiger partial charge in [-0.25, -0.2) is 4.79 Å². The van der Waals surface area contributed by atoms with Crippen LogP contribution in [0, 0.1) is 19.8 Å². The molecule has 6 heteroatoms. The number of carboxylic acid groups (broad SMARTS) is 1. The molecule has 0 unspecified atom stereocenters. The Morgan fingerprint density at radius 2 is 1.88 bits per heavy atom. The van der Waals surface area contributed by atoms with E-state index in [0.29, 0.717) is 18.5 Å². The molecule has 0 bridgehead atoms. The van der Waals surface area contributed by atoms with E-state index in [0.717, 1.165) is 17.0 Å². The number of benzene rings is 1. The number of hydrogen-bond donors (Lipinski definition) is 2. The summed E-state index contributed by atoms with van der Waals surface area (Å²) in [5, 5.41) is 16.3. The van der Waals surface area contributed by atoms with Crippen LogP contribution in [0.2, 0.25) is 0 Å². The number of rotatable bonds is 7. The lowest BCUT2D eigenvalue weighted by atomic mass is 9.99. The Hall–Kier alpha value is -2.63. The molecule has 25 heavy (non-hydrogen) atoms. The van der Waals surface area contributed by atoms with Crippen LogP contribution in [0.3, 0.4) is 0 Å². The zero-order valence-electron chi connectivity index (χ0n) is 15.1. The highest BCUT2D eigenvalue weighted by Crippen LogP contribution is 2.12. The molecule has 2 N–H and O–H groups in total. The van der Waals surface area contributed by atoms with Crippen molar-refractivity contribution in [1.82, 2.24) is 15.1 Å². The molecule has 1 heterocycles. The normalized spacial score (nSPS) is 13.3. The van der Waals surface area contributed by atoms with E-state index in [1.54, 1.807) is 12.1 Å². The van der Waals surface area contributed by atoms with Crippen molar-refractivity contribution in [2.75, 3.05) is 0 Å². The van der Waals surface area contributed by atoms with E-state index in [2.05, 4.69) is 10.4 Å². The smallest absolute Gasteiger partial charge is 0.326 e. The second-order valence-corrected chi connectivity index (χ2v) is 6.46. The summed E-state index contributed by atoms with van der Waals surface area (Å²) in [7, 11) is 0. The predicted octanol–water partition coefficient (Wildman–Crippen LogP) is 2.78. The molecule has 0 saturated carbocycles. The highest BCUT2D eigenvalue weighted by Gasteiger charge is 2.25. The lowest BCUT2D eigenvalue weighted by Crippen LogP contribution is -2.45. The molecule has 2 atom stereocenters. The molecule has 1 aromatic carbocycles. The average Bonchev–Trinajstić information content (AvgIpc) is 2.89. The maximum Gasteiger partial charge on any atom is 0.326 e. The molecule has 0 fully saturated rings. The first-order valence-corrected chi connectivity index (χ1v) is 8.45. The maximum atomic E-state index is 12.3. The standard InChI is InChI=1S/C19H25N3O3/c1-5-12(2)17(19(24)25)20-18(23)16-8-6-15(7-9-16)11-22-14(4)10-13(3)21-22/h6-10,12,17H,5,11H2,1-4H3,(H,20,23)(H,24,25)/t12-,17-/m0/s1. The molecule has 1 aromatic heterocycles. The predicted molar refractivity (Wildman–Crippen MR) is 95.6 cm³/mol. The second kappa shape index (κ2) is 7.96. The first-order valence-electron chi connectivity index (χ1n) is 8.45. The average molecular weight is 343 g/mol. The summed E-state index contributed by atoms with van der Waals surface area (Å²) in [4.78, 5) is 23.6. The molecule has 1 amide bonds. The number of carbonyl (C=O) groups is 2. The molecular formula is C19H25N3O3. The Labute approximate surface area is 147 Å². The third-order valence-electron chi connectivity index (χ3n) is 4.42. The van der Waals surface area contributed by atoms with Gasteiger partial charge in [0.25, 0.3) is 5.91 Å². The van der Waals surface area contributed by atoms with Crippen LogP contribution in [0.4, 0.5) is 0 Å². The first kappa shape index (κ1) is 18.7. The molecule has 0 saturated heterocycles. The monoisotopic (exact) mass is 343 g/mol. The summed E-state index contributed by atoms with van der Waals surface area (Å²) in [6.45, 7) is 8.30. The molecule has 0 spiro atoms. The van der Waals surface area contributed by atoms with Crippen molar-refractivity contribution in [3.63, 3.8) is 0 Å². The molecule has 6 nitrogen and oxygen atoms in total. The zero-order chi connectivity index (χ0) is 18.6. The van der Waals surface area contributed by atoms with Crippen LogP contribution in [-0.4, -0.2) is 32.8 Å². The molecule has 0 aliphatic carbocycles. The second-order valence-electron chi connectivity index (χ2n) is 6.46. The molecule has 2 rings (SSSR count). The summed E-state index contributed by atoms with van der Waals surface area (Å²) in [6, 6.07) is 8.29. The molecule has 0 aliphatic rings. The number of amides is 1. The van der Waals surface area contributed by atoms with Gasteiger partial charge < -0.3 is 10.4 Å². The number of aryl methyl sites for hydroxylation is 2. The van der Waals surface area contributed by atoms with Crippen molar-refractivity contribution >= 4 is 11.9 Å². The van der Waals surface area contributed by atoms with Gasteiger partial charge in [-0.1, -0.05) is 32.4 Å². The van der Waals surface area contributed by atoms with Crippen LogP contribution in [0.25, 0.3) is 0 Å². The largest absolute Gasteiger partial charge is 0.480 e. The van der Waals surface area contributed by atoms with E-state index < -0.39 is 12.0 Å². The van der Waals surface area contributed by atoms with Gasteiger partial charge in [0.15, 0.2) is 0 Å². The van der Waals surface area contributed by atoms with Gasteiger partial charge in [0.1, 0.15) is 6.04 Å². The molecular weight excluding hydrogens is 318 g/mol. The number of aliphatic carboxylic acids is 1. The lowest BCUT2D eigenvalue weighted by molar-refractivity contribution is -0.140. The fourth-order valence-corrected chi connectivity index (χ4v) is 2.68. The van der Waals surface area contributed by atoms with E-state index in [4.69, 9.17) is 0 Å². The Morgan fingerprint density at radius 1 is 1.24 bits per heavy atom. The maximum absolute atomic E-state index is 12.3. The fourth-order valence-electron chi connectivity index (χ4n) is 2.68. The molecule has 2 aromatic rings. The lowest BCUT2D eigenvalue weighted by Gasteiger charge is -2.20. The number of carbonyl (C=O) groups excluding carboxylic acids is 1. The summed E-state index contributed by atoms with van der Waals surface area (Å²) in [5.74, 6) is -1.51. The number of nitrogens with one attached hydrogen (secondary N) is 1. The summed E-state index contributed by atoms with van der Waals surface area (Å²) in [5.41, 5.74) is 3.53. The third kappa shape index (κ3) is 4.68. The van der Waals surface area contributed by atoms with E-state index in [1.807, 2.05) is 50.6 Å². The van der Waals surface area contributed by atoms with Crippen LogP contribution in [0.5, 0.6) is 0 Å². The van der Waals surface area contributed by atoms with Gasteiger partial charge in [-0.3, -0.25) is 9.48 Å². The molecule has 0 aliphatic heterocycles. The van der Waals surface area contributed by atoms with Crippen molar-refractivity contribution < 1.29 is 14.7 Å². The van der Waals surface area contributed by atoms with Gasteiger partial charge in [0.05, 0.1) is 12.2 Å². The number of hydrogen-bond acceptors (Lipinski definition) is 3. The molecule has 134 valence electrons. The highest BCUT2D eigenvalue weighted by atomic mass is 16.4. The van der Waals surface area contributed by atoms with Gasteiger partial charge in [0.2, 0.25) is 0 Å². The van der Waals surface area contributed by atoms with E-state index >= 15 is 0 Å². The Balaban J connectivity index is 2.07. The van der Waals surface area contributed by atoms with Crippen molar-refractivity contribution in [2.24, 2.45) is 5.92 Å². The number of carboxylic acids is 1. The summed E-state index contributed by atoms with van der Waals surface area (Å²) in [6.07, 6.45) is 0.679. The third-order valence-corrected chi connectivity index (χ3v) is 4.42. The van der Waals surface area contributed by atoms with Gasteiger partial charge >= 0.3 is 5.97 Å². The van der Waals surface area contributed by atoms with E-state index in [-0.39, 0.29) is 11.8 Å². The Bertz CT molecular complexity index is 750. The van der Waals surface area contributed by atoms with E-state index in [1.165, 1.54) is 0 Å². The number of nitrogens with zero attached hydrogens (tertiary/aromatic N) is 2. The van der Waals surface area contributed by atoms with Crippen LogP contribution in [0.1, 0.15) is 47.6 Å². The minimum Gasteiger partial charge on any atom is -0.480 e. The van der Waals surface area contributed by atoms with Gasteiger partial charge in [-0.2, -0.15) is 5.10 Å². The molecule has 0 radical (unpaired) electrons. The quantitative estimate of drug-likeness (QED) is 0.809. The van der Waals surface area contributed by atoms with Crippen LogP contribution >= 0.6 is 0 Å². The first-order chi connectivity index (χ1) is 11.8. The van der Waals surface area contributed by atoms with Crippen molar-refractivity contribution in [3.8, 4) is 0 Å². The number of aromatic nitrogens is 2. The summed E-state index contributed by atoms with van der Waals surface area (Å²) < 4.78 is 1.91. The highest BCUT2D eigenvalue weighted by molar-refractivity contribution is 5.96. The zero-order valence-corrected chi connectivity index (χ0v) is 15.1. The van der Waals surface area contributed by atoms with Crippen molar-refractivity contribution in [1.29, 1.82) is 0 Å². The van der Waals surface area contributed by atoms with Crippen LogP contribution in [0.15, 0.2) is 30.3 Å². The minimum atomic E-state index is -1.01. The summed E-state index contributed by atoms with van der Waals surface area (Å²) >= 11 is 0. The van der Waals surface area contributed by atoms with Crippen molar-refractivity contribution in [2.45, 2.75) is 46.7 Å².